The number of benzene rings is 4. The number of hydrogen-bond donors (Lipinski definition) is 1. The van der Waals surface area contributed by atoms with Gasteiger partial charge in [0.2, 0.25) is 15.9 Å². The molecule has 0 bridgehead atoms. The number of amides is 1. The van der Waals surface area contributed by atoms with Crippen LogP contribution in [0, 0.1) is 36.0 Å². The lowest BCUT2D eigenvalue weighted by atomic mass is 9.99. The summed E-state index contributed by atoms with van der Waals surface area (Å²) in [7, 11) is -5.64. The summed E-state index contributed by atoms with van der Waals surface area (Å²) in [5.74, 6) is -10.6. The SMILES string of the molecule is Cc1c(F)c(F)c(S(=O)(=O)N(Cc2ccc(F)cc2Cl)[C@@H](C)C(=O)N(Cc2cc(C3CC3)cc(C3CC3)c2)c2ccc(C(=O)O)cc2OC2CC2)c(F)c1F. The Balaban J connectivity index is 1.38. The Bertz CT molecular complexity index is 2270. The zero-order chi connectivity index (χ0) is 39.5. The molecule has 0 radical (unpaired) electrons. The van der Waals surface area contributed by atoms with Gasteiger partial charge in [-0.1, -0.05) is 35.9 Å². The van der Waals surface area contributed by atoms with Crippen molar-refractivity contribution in [3.8, 4) is 5.75 Å². The van der Waals surface area contributed by atoms with Crippen LogP contribution in [0.4, 0.5) is 27.6 Å². The Morgan fingerprint density at radius 2 is 1.44 bits per heavy atom. The number of rotatable bonds is 14. The van der Waals surface area contributed by atoms with Gasteiger partial charge in [0.25, 0.3) is 0 Å². The smallest absolute Gasteiger partial charge is 0.335 e. The fourth-order valence-corrected chi connectivity index (χ4v) is 8.51. The molecule has 15 heteroatoms. The van der Waals surface area contributed by atoms with E-state index in [2.05, 4.69) is 6.07 Å². The van der Waals surface area contributed by atoms with Crippen molar-refractivity contribution in [1.29, 1.82) is 0 Å². The number of sulfonamides is 1. The highest BCUT2D eigenvalue weighted by molar-refractivity contribution is 7.89. The average molecular weight is 803 g/mol. The molecule has 1 N–H and O–H groups in total. The lowest BCUT2D eigenvalue weighted by Crippen LogP contribution is -2.49. The number of halogens is 6. The molecule has 1 amide bonds. The van der Waals surface area contributed by atoms with E-state index in [-0.39, 0.29) is 40.2 Å². The van der Waals surface area contributed by atoms with E-state index < -0.39 is 74.0 Å². The number of carboxylic acids is 1. The molecule has 3 aliphatic carbocycles. The number of aromatic carboxylic acids is 1. The van der Waals surface area contributed by atoms with Crippen LogP contribution < -0.4 is 9.64 Å². The number of nitrogens with zero attached hydrogens (tertiary/aromatic N) is 2. The molecule has 3 fully saturated rings. The minimum absolute atomic E-state index is 0.0273. The standard InChI is InChI=1S/C40H36ClF5N2O6S/c1-20-34(43)36(45)38(37(46)35(20)44)55(52,53)48(19-26-7-9-29(42)17-31(26)41)21(2)39(49)47(32-12-8-25(40(50)51)16-33(32)54-30-10-11-30)18-22-13-27(23-3-4-23)15-28(14-22)24-5-6-24/h7-9,12-17,21,23-24,30H,3-6,10-11,18-19H2,1-2H3,(H,50,51)/t21-/m0/s1. The maximum atomic E-state index is 15.5. The van der Waals surface area contributed by atoms with Crippen molar-refractivity contribution in [2.45, 2.75) is 94.3 Å². The van der Waals surface area contributed by atoms with Gasteiger partial charge in [-0.25, -0.2) is 35.2 Å². The van der Waals surface area contributed by atoms with Gasteiger partial charge in [-0.15, -0.1) is 0 Å². The molecule has 7 rings (SSSR count). The van der Waals surface area contributed by atoms with Gasteiger partial charge >= 0.3 is 5.97 Å². The molecule has 0 aliphatic heterocycles. The summed E-state index contributed by atoms with van der Waals surface area (Å²) in [4.78, 5) is 26.3. The Kier molecular flexibility index (Phi) is 10.5. The largest absolute Gasteiger partial charge is 0.488 e. The number of ether oxygens (including phenoxy) is 1. The Labute approximate surface area is 319 Å². The van der Waals surface area contributed by atoms with Crippen molar-refractivity contribution in [2.75, 3.05) is 4.90 Å². The van der Waals surface area contributed by atoms with Crippen LogP contribution in [-0.4, -0.2) is 41.9 Å². The highest BCUT2D eigenvalue weighted by Crippen LogP contribution is 2.46. The fraction of sp³-hybridized carbons (Fsp3) is 0.350. The molecule has 3 saturated carbocycles. The first-order chi connectivity index (χ1) is 26.0. The van der Waals surface area contributed by atoms with Gasteiger partial charge in [0, 0.05) is 17.1 Å². The first-order valence-electron chi connectivity index (χ1n) is 17.8. The maximum absolute atomic E-state index is 15.5. The van der Waals surface area contributed by atoms with Crippen LogP contribution in [-0.2, 0) is 27.9 Å². The molecule has 1 atom stereocenters. The van der Waals surface area contributed by atoms with Gasteiger partial charge in [0.05, 0.1) is 23.9 Å². The summed E-state index contributed by atoms with van der Waals surface area (Å²) >= 11 is 6.27. The Hall–Kier alpha value is -4.53. The summed E-state index contributed by atoms with van der Waals surface area (Å²) in [6, 6.07) is 11.0. The molecular formula is C40H36ClF5N2O6S. The van der Waals surface area contributed by atoms with Crippen LogP contribution >= 0.6 is 11.6 Å². The topological polar surface area (TPSA) is 104 Å². The van der Waals surface area contributed by atoms with Gasteiger partial charge in [-0.2, -0.15) is 4.31 Å². The zero-order valence-corrected chi connectivity index (χ0v) is 31.3. The van der Waals surface area contributed by atoms with Crippen molar-refractivity contribution in [3.63, 3.8) is 0 Å². The monoisotopic (exact) mass is 802 g/mol. The van der Waals surface area contributed by atoms with Crippen LogP contribution in [0.15, 0.2) is 59.5 Å². The predicted octanol–water partition coefficient (Wildman–Crippen LogP) is 9.15. The second-order valence-electron chi connectivity index (χ2n) is 14.5. The summed E-state index contributed by atoms with van der Waals surface area (Å²) in [5, 5.41) is 9.49. The zero-order valence-electron chi connectivity index (χ0n) is 29.7. The molecule has 0 unspecified atom stereocenters. The first-order valence-corrected chi connectivity index (χ1v) is 19.6. The minimum atomic E-state index is -5.64. The van der Waals surface area contributed by atoms with Crippen LogP contribution in [0.1, 0.15) is 95.5 Å². The van der Waals surface area contributed by atoms with E-state index in [9.17, 15) is 31.5 Å². The third-order valence-electron chi connectivity index (χ3n) is 10.2. The number of hydrogen-bond acceptors (Lipinski definition) is 5. The van der Waals surface area contributed by atoms with E-state index in [1.54, 1.807) is 0 Å². The number of carbonyl (C=O) groups is 2. The van der Waals surface area contributed by atoms with Crippen LogP contribution in [0.5, 0.6) is 5.75 Å². The number of carboxylic acid groups (broad SMARTS) is 1. The summed E-state index contributed by atoms with van der Waals surface area (Å²) in [6.45, 7) is 0.810. The minimum Gasteiger partial charge on any atom is -0.488 e. The van der Waals surface area contributed by atoms with Crippen LogP contribution in [0.3, 0.4) is 0 Å². The summed E-state index contributed by atoms with van der Waals surface area (Å²) < 4.78 is 110. The number of anilines is 1. The van der Waals surface area contributed by atoms with Crippen LogP contribution in [0.25, 0.3) is 0 Å². The van der Waals surface area contributed by atoms with Crippen LogP contribution in [0.2, 0.25) is 5.02 Å². The quantitative estimate of drug-likeness (QED) is 0.101. The summed E-state index contributed by atoms with van der Waals surface area (Å²) in [5.41, 5.74) is 1.60. The maximum Gasteiger partial charge on any atom is 0.335 e. The van der Waals surface area contributed by atoms with Crippen molar-refractivity contribution in [2.24, 2.45) is 0 Å². The van der Waals surface area contributed by atoms with Gasteiger partial charge in [0.15, 0.2) is 28.2 Å². The molecule has 290 valence electrons. The van der Waals surface area contributed by atoms with Gasteiger partial charge in [0.1, 0.15) is 17.6 Å². The molecule has 3 aliphatic rings. The van der Waals surface area contributed by atoms with Crippen molar-refractivity contribution < 1.29 is 49.8 Å². The summed E-state index contributed by atoms with van der Waals surface area (Å²) in [6.07, 6.45) is 5.04. The third-order valence-corrected chi connectivity index (χ3v) is 12.5. The van der Waals surface area contributed by atoms with Gasteiger partial charge in [-0.3, -0.25) is 4.79 Å². The van der Waals surface area contributed by atoms with Crippen molar-refractivity contribution in [1.82, 2.24) is 4.31 Å². The van der Waals surface area contributed by atoms with Crippen molar-refractivity contribution in [3.05, 3.63) is 122 Å². The van der Waals surface area contributed by atoms with E-state index >= 15 is 13.6 Å². The lowest BCUT2D eigenvalue weighted by molar-refractivity contribution is -0.122. The Morgan fingerprint density at radius 3 is 1.96 bits per heavy atom. The molecule has 8 nitrogen and oxygen atoms in total. The fourth-order valence-electron chi connectivity index (χ4n) is 6.60. The lowest BCUT2D eigenvalue weighted by Gasteiger charge is -2.33. The Morgan fingerprint density at radius 1 is 0.836 bits per heavy atom. The highest BCUT2D eigenvalue weighted by atomic mass is 35.5. The van der Waals surface area contributed by atoms with E-state index in [0.717, 1.165) is 68.9 Å². The first kappa shape index (κ1) is 38.7. The molecule has 4 aromatic carbocycles. The van der Waals surface area contributed by atoms with E-state index in [1.165, 1.54) is 23.1 Å². The normalized spacial score (nSPS) is 16.3. The second kappa shape index (κ2) is 14.8. The molecule has 0 saturated heterocycles. The third kappa shape index (κ3) is 7.94. The second-order valence-corrected chi connectivity index (χ2v) is 16.7. The average Bonchev–Trinajstić information content (AvgIpc) is 3.98. The van der Waals surface area contributed by atoms with E-state index in [4.69, 9.17) is 16.3 Å². The number of carbonyl (C=O) groups excluding carboxylic acids is 1. The highest BCUT2D eigenvalue weighted by Gasteiger charge is 2.42. The molecular weight excluding hydrogens is 767 g/mol. The van der Waals surface area contributed by atoms with Gasteiger partial charge < -0.3 is 14.7 Å². The predicted molar refractivity (Wildman–Crippen MR) is 193 cm³/mol. The molecule has 0 spiro atoms. The van der Waals surface area contributed by atoms with E-state index in [0.29, 0.717) is 34.5 Å². The molecule has 0 heterocycles. The van der Waals surface area contributed by atoms with Crippen molar-refractivity contribution >= 4 is 39.2 Å². The molecule has 4 aromatic rings. The molecule has 0 aromatic heterocycles. The molecule has 55 heavy (non-hydrogen) atoms. The van der Waals surface area contributed by atoms with Gasteiger partial charge in [-0.05, 0) is 117 Å². The van der Waals surface area contributed by atoms with E-state index in [1.807, 2.05) is 12.1 Å².